The summed E-state index contributed by atoms with van der Waals surface area (Å²) >= 11 is 0. The van der Waals surface area contributed by atoms with Crippen molar-refractivity contribution in [1.82, 2.24) is 14.8 Å². The fraction of sp³-hybridized carbons (Fsp3) is 0.350. The molecule has 164 valence electrons. The number of rotatable bonds is 4. The second-order valence-corrected chi connectivity index (χ2v) is 7.21. The molecule has 31 heavy (non-hydrogen) atoms. The molecule has 0 bridgehead atoms. The van der Waals surface area contributed by atoms with Gasteiger partial charge in [-0.25, -0.2) is 8.78 Å². The Labute approximate surface area is 173 Å². The lowest BCUT2D eigenvalue weighted by molar-refractivity contribution is -0.137. The number of carbonyl (C=O) groups is 2. The number of hydrogen-bond acceptors (Lipinski definition) is 3. The third-order valence-corrected chi connectivity index (χ3v) is 4.92. The number of halogens is 5. The van der Waals surface area contributed by atoms with Crippen molar-refractivity contribution in [2.24, 2.45) is 7.05 Å². The number of aryl methyl sites for hydroxylation is 1. The Hall–Kier alpha value is -3.42. The summed E-state index contributed by atoms with van der Waals surface area (Å²) in [5.41, 5.74) is 0.254. The lowest BCUT2D eigenvalue weighted by Crippen LogP contribution is -2.43. The van der Waals surface area contributed by atoms with Crippen molar-refractivity contribution in [2.45, 2.75) is 24.6 Å². The SMILES string of the molecule is Cn1cc(-c2ccc(C(F)(F)F)cc2)cc1C(=O)NCC(=O)N1CC(F)(F)C[C@H]1C#N. The Morgan fingerprint density at radius 2 is 1.87 bits per heavy atom. The highest BCUT2D eigenvalue weighted by Gasteiger charge is 2.47. The molecule has 11 heteroatoms. The van der Waals surface area contributed by atoms with Crippen LogP contribution in [0.3, 0.4) is 0 Å². The van der Waals surface area contributed by atoms with Gasteiger partial charge >= 0.3 is 6.18 Å². The van der Waals surface area contributed by atoms with Crippen molar-refractivity contribution in [3.8, 4) is 17.2 Å². The first-order chi connectivity index (χ1) is 14.4. The van der Waals surface area contributed by atoms with Crippen molar-refractivity contribution in [3.05, 3.63) is 47.8 Å². The van der Waals surface area contributed by atoms with E-state index in [1.165, 1.54) is 36.0 Å². The van der Waals surface area contributed by atoms with E-state index in [9.17, 15) is 31.5 Å². The highest BCUT2D eigenvalue weighted by Crippen LogP contribution is 2.32. The molecule has 1 atom stereocenters. The molecule has 0 aliphatic carbocycles. The molecule has 1 aromatic carbocycles. The summed E-state index contributed by atoms with van der Waals surface area (Å²) in [6.07, 6.45) is -3.68. The van der Waals surface area contributed by atoms with Crippen molar-refractivity contribution in [1.29, 1.82) is 5.26 Å². The minimum atomic E-state index is -4.46. The number of aromatic nitrogens is 1. The van der Waals surface area contributed by atoms with Gasteiger partial charge in [0.15, 0.2) is 0 Å². The molecule has 0 saturated carbocycles. The zero-order chi connectivity index (χ0) is 23.0. The third kappa shape index (κ3) is 4.84. The predicted octanol–water partition coefficient (Wildman–Crippen LogP) is 3.20. The molecule has 2 heterocycles. The van der Waals surface area contributed by atoms with Gasteiger partial charge in [-0.15, -0.1) is 0 Å². The van der Waals surface area contributed by atoms with E-state index in [2.05, 4.69) is 5.32 Å². The summed E-state index contributed by atoms with van der Waals surface area (Å²) in [4.78, 5) is 25.4. The summed E-state index contributed by atoms with van der Waals surface area (Å²) in [7, 11) is 1.54. The van der Waals surface area contributed by atoms with Gasteiger partial charge in [-0.2, -0.15) is 18.4 Å². The summed E-state index contributed by atoms with van der Waals surface area (Å²) < 4.78 is 66.5. The average Bonchev–Trinajstić information content (AvgIpc) is 3.24. The summed E-state index contributed by atoms with van der Waals surface area (Å²) in [6, 6.07) is 6.23. The predicted molar refractivity (Wildman–Crippen MR) is 98.9 cm³/mol. The second-order valence-electron chi connectivity index (χ2n) is 7.21. The van der Waals surface area contributed by atoms with Crippen LogP contribution in [-0.2, 0) is 18.0 Å². The Bertz CT molecular complexity index is 1040. The molecule has 1 fully saturated rings. The number of benzene rings is 1. The first kappa shape index (κ1) is 22.3. The van der Waals surface area contributed by atoms with Gasteiger partial charge in [0.25, 0.3) is 11.8 Å². The van der Waals surface area contributed by atoms with Gasteiger partial charge < -0.3 is 14.8 Å². The van der Waals surface area contributed by atoms with E-state index in [1.54, 1.807) is 6.07 Å². The van der Waals surface area contributed by atoms with E-state index in [-0.39, 0.29) is 5.69 Å². The van der Waals surface area contributed by atoms with Crippen LogP contribution in [0.4, 0.5) is 22.0 Å². The Balaban J connectivity index is 1.67. The van der Waals surface area contributed by atoms with Crippen LogP contribution >= 0.6 is 0 Å². The first-order valence-electron chi connectivity index (χ1n) is 9.10. The van der Waals surface area contributed by atoms with Crippen LogP contribution in [-0.4, -0.2) is 46.3 Å². The van der Waals surface area contributed by atoms with Crippen molar-refractivity contribution < 1.29 is 31.5 Å². The number of carbonyl (C=O) groups excluding carboxylic acids is 2. The molecule has 1 aliphatic rings. The molecule has 3 rings (SSSR count). The van der Waals surface area contributed by atoms with E-state index < -0.39 is 55.0 Å². The summed E-state index contributed by atoms with van der Waals surface area (Å²) in [6.45, 7) is -1.46. The maximum atomic E-state index is 13.5. The fourth-order valence-corrected chi connectivity index (χ4v) is 3.34. The monoisotopic (exact) mass is 440 g/mol. The Kier molecular flexibility index (Phi) is 5.76. The van der Waals surface area contributed by atoms with Crippen LogP contribution in [0.15, 0.2) is 36.5 Å². The van der Waals surface area contributed by atoms with E-state index >= 15 is 0 Å². The lowest BCUT2D eigenvalue weighted by Gasteiger charge is -2.19. The van der Waals surface area contributed by atoms with Crippen molar-refractivity contribution in [2.75, 3.05) is 13.1 Å². The standard InChI is InChI=1S/C20H17F5N4O2/c1-28-10-13(12-2-4-14(5-3-12)20(23,24)25)6-16(28)18(31)27-9-17(30)29-11-19(21,22)7-15(29)8-26/h2-6,10,15H,7,9,11H2,1H3,(H,27,31)/t15-/m0/s1. The van der Waals surface area contributed by atoms with E-state index in [1.807, 2.05) is 0 Å². The molecule has 1 saturated heterocycles. The largest absolute Gasteiger partial charge is 0.416 e. The van der Waals surface area contributed by atoms with Crippen LogP contribution in [0.5, 0.6) is 0 Å². The second kappa shape index (κ2) is 8.02. The molecule has 0 radical (unpaired) electrons. The molecular formula is C20H17F5N4O2. The van der Waals surface area contributed by atoms with Gasteiger partial charge in [0.05, 0.1) is 24.7 Å². The van der Waals surface area contributed by atoms with Crippen LogP contribution in [0.2, 0.25) is 0 Å². The molecule has 2 aromatic rings. The minimum Gasteiger partial charge on any atom is -0.346 e. The van der Waals surface area contributed by atoms with Crippen LogP contribution < -0.4 is 5.32 Å². The maximum Gasteiger partial charge on any atom is 0.416 e. The number of amides is 2. The van der Waals surface area contributed by atoms with Gasteiger partial charge in [0, 0.05) is 25.2 Å². The highest BCUT2D eigenvalue weighted by molar-refractivity contribution is 5.96. The van der Waals surface area contributed by atoms with Gasteiger partial charge in [-0.3, -0.25) is 9.59 Å². The number of nitrogens with zero attached hydrogens (tertiary/aromatic N) is 3. The highest BCUT2D eigenvalue weighted by atomic mass is 19.4. The lowest BCUT2D eigenvalue weighted by atomic mass is 10.1. The fourth-order valence-electron chi connectivity index (χ4n) is 3.34. The third-order valence-electron chi connectivity index (χ3n) is 4.92. The first-order valence-corrected chi connectivity index (χ1v) is 9.10. The summed E-state index contributed by atoms with van der Waals surface area (Å²) in [5, 5.41) is 11.3. The normalized spacial score (nSPS) is 18.0. The zero-order valence-electron chi connectivity index (χ0n) is 16.2. The van der Waals surface area contributed by atoms with Crippen LogP contribution in [0.25, 0.3) is 11.1 Å². The van der Waals surface area contributed by atoms with Gasteiger partial charge in [0.1, 0.15) is 11.7 Å². The van der Waals surface area contributed by atoms with Gasteiger partial charge in [0.2, 0.25) is 5.91 Å². The molecule has 0 spiro atoms. The maximum absolute atomic E-state index is 13.5. The number of hydrogen-bond donors (Lipinski definition) is 1. The number of likely N-dealkylation sites (tertiary alicyclic amines) is 1. The van der Waals surface area contributed by atoms with E-state index in [0.29, 0.717) is 11.1 Å². The topological polar surface area (TPSA) is 78.1 Å². The zero-order valence-corrected chi connectivity index (χ0v) is 16.2. The molecule has 6 nitrogen and oxygen atoms in total. The number of nitriles is 1. The number of alkyl halides is 5. The molecular weight excluding hydrogens is 423 g/mol. The van der Waals surface area contributed by atoms with Gasteiger partial charge in [-0.1, -0.05) is 12.1 Å². The quantitative estimate of drug-likeness (QED) is 0.742. The van der Waals surface area contributed by atoms with Crippen LogP contribution in [0, 0.1) is 11.3 Å². The average molecular weight is 440 g/mol. The number of nitrogens with one attached hydrogen (secondary N) is 1. The summed E-state index contributed by atoms with van der Waals surface area (Å²) in [5.74, 6) is -4.64. The van der Waals surface area contributed by atoms with Crippen LogP contribution in [0.1, 0.15) is 22.5 Å². The molecule has 1 N–H and O–H groups in total. The molecule has 1 aliphatic heterocycles. The van der Waals surface area contributed by atoms with E-state index in [0.717, 1.165) is 17.0 Å². The molecule has 2 amide bonds. The Morgan fingerprint density at radius 3 is 2.45 bits per heavy atom. The minimum absolute atomic E-state index is 0.117. The van der Waals surface area contributed by atoms with Crippen molar-refractivity contribution in [3.63, 3.8) is 0 Å². The smallest absolute Gasteiger partial charge is 0.346 e. The van der Waals surface area contributed by atoms with E-state index in [4.69, 9.17) is 5.26 Å². The van der Waals surface area contributed by atoms with Gasteiger partial charge in [-0.05, 0) is 23.8 Å². The molecule has 0 unspecified atom stereocenters. The van der Waals surface area contributed by atoms with Crippen molar-refractivity contribution >= 4 is 11.8 Å². The molecule has 1 aromatic heterocycles. The Morgan fingerprint density at radius 1 is 1.23 bits per heavy atom.